The molecule has 3 nitrogen and oxygen atoms in total. The Kier molecular flexibility index (Phi) is 3.01. The van der Waals surface area contributed by atoms with Gasteiger partial charge in [-0.3, -0.25) is 4.79 Å². The Morgan fingerprint density at radius 1 is 0.913 bits per heavy atom. The van der Waals surface area contributed by atoms with E-state index in [4.69, 9.17) is 4.42 Å². The zero-order valence-electron chi connectivity index (χ0n) is 12.6. The number of carbonyl (C=O) groups is 1. The van der Waals surface area contributed by atoms with Crippen LogP contribution in [0.4, 0.5) is 0 Å². The van der Waals surface area contributed by atoms with Crippen LogP contribution in [0, 0.1) is 0 Å². The van der Waals surface area contributed by atoms with Gasteiger partial charge >= 0.3 is 5.63 Å². The highest BCUT2D eigenvalue weighted by Crippen LogP contribution is 2.36. The van der Waals surface area contributed by atoms with Crippen molar-refractivity contribution in [1.82, 2.24) is 0 Å². The highest BCUT2D eigenvalue weighted by Gasteiger charge is 2.17. The Bertz CT molecular complexity index is 1140. The van der Waals surface area contributed by atoms with Gasteiger partial charge in [0.25, 0.3) is 0 Å². The molecule has 0 amide bonds. The summed E-state index contributed by atoms with van der Waals surface area (Å²) in [6.45, 7) is 1.80. The quantitative estimate of drug-likeness (QED) is 0.306. The van der Waals surface area contributed by atoms with Crippen molar-refractivity contribution in [3.63, 3.8) is 0 Å². The van der Waals surface area contributed by atoms with Gasteiger partial charge in [0, 0.05) is 28.8 Å². The number of hydrogen-bond donors (Lipinski definition) is 0. The summed E-state index contributed by atoms with van der Waals surface area (Å²) in [7, 11) is 0. The van der Waals surface area contributed by atoms with Crippen molar-refractivity contribution in [3.05, 3.63) is 70.6 Å². The number of rotatable bonds is 2. The Hall–Kier alpha value is -2.94. The lowest BCUT2D eigenvalue weighted by atomic mass is 9.94. The van der Waals surface area contributed by atoms with Crippen molar-refractivity contribution in [2.24, 2.45) is 0 Å². The summed E-state index contributed by atoms with van der Waals surface area (Å²) in [4.78, 5) is 24.4. The van der Waals surface area contributed by atoms with Crippen LogP contribution in [-0.4, -0.2) is 5.78 Å². The van der Waals surface area contributed by atoms with Crippen molar-refractivity contribution in [3.8, 4) is 0 Å². The highest BCUT2D eigenvalue weighted by atomic mass is 16.4. The Morgan fingerprint density at radius 3 is 2.13 bits per heavy atom. The third-order valence-electron chi connectivity index (χ3n) is 4.24. The topological polar surface area (TPSA) is 47.3 Å². The van der Waals surface area contributed by atoms with E-state index >= 15 is 0 Å². The van der Waals surface area contributed by atoms with Gasteiger partial charge in [0.2, 0.25) is 0 Å². The number of Topliss-reactive ketones (excluding diaryl/α,β-unsaturated/α-hetero) is 1. The molecule has 3 aromatic carbocycles. The lowest BCUT2D eigenvalue weighted by Gasteiger charge is -2.11. The normalized spacial score (nSPS) is 11.3. The fraction of sp³-hybridized carbons (Fsp3) is 0.100. The maximum atomic E-state index is 12.4. The predicted molar refractivity (Wildman–Crippen MR) is 92.1 cm³/mol. The highest BCUT2D eigenvalue weighted by molar-refractivity contribution is 6.27. The fourth-order valence-corrected chi connectivity index (χ4v) is 3.21. The van der Waals surface area contributed by atoms with Crippen LogP contribution in [0.3, 0.4) is 0 Å². The molecule has 4 aromatic rings. The molecule has 0 N–H and O–H groups in total. The van der Waals surface area contributed by atoms with Crippen LogP contribution >= 0.6 is 0 Å². The summed E-state index contributed by atoms with van der Waals surface area (Å²) in [5, 5.41) is 4.58. The molecule has 0 bridgehead atoms. The average Bonchev–Trinajstić information content (AvgIpc) is 2.60. The van der Waals surface area contributed by atoms with Crippen molar-refractivity contribution in [1.29, 1.82) is 0 Å². The van der Waals surface area contributed by atoms with Crippen molar-refractivity contribution >= 4 is 38.3 Å². The van der Waals surface area contributed by atoms with Crippen molar-refractivity contribution in [2.75, 3.05) is 0 Å². The number of carbonyl (C=O) groups excluding carboxylic acids is 1. The molecule has 112 valence electrons. The van der Waals surface area contributed by atoms with Gasteiger partial charge in [0.1, 0.15) is 5.58 Å². The van der Waals surface area contributed by atoms with Gasteiger partial charge in [-0.1, -0.05) is 55.5 Å². The van der Waals surface area contributed by atoms with Crippen LogP contribution in [0.2, 0.25) is 0 Å². The average molecular weight is 302 g/mol. The molecule has 3 heteroatoms. The molecule has 0 spiro atoms. The minimum absolute atomic E-state index is 0.0525. The first-order valence-electron chi connectivity index (χ1n) is 7.61. The van der Waals surface area contributed by atoms with Crippen LogP contribution in [0.5, 0.6) is 0 Å². The third-order valence-corrected chi connectivity index (χ3v) is 4.24. The zero-order valence-corrected chi connectivity index (χ0v) is 12.6. The van der Waals surface area contributed by atoms with E-state index in [1.54, 1.807) is 6.92 Å². The van der Waals surface area contributed by atoms with Crippen molar-refractivity contribution < 1.29 is 9.21 Å². The molecule has 0 aliphatic rings. The predicted octanol–water partition coefficient (Wildman–Crippen LogP) is 4.69. The van der Waals surface area contributed by atoms with Gasteiger partial charge in [0.05, 0.1) is 0 Å². The molecule has 4 rings (SSSR count). The monoisotopic (exact) mass is 302 g/mol. The minimum atomic E-state index is -0.491. The molecular formula is C20H14O3. The lowest BCUT2D eigenvalue weighted by molar-refractivity contribution is 0.0989. The van der Waals surface area contributed by atoms with E-state index in [1.807, 2.05) is 48.5 Å². The van der Waals surface area contributed by atoms with Gasteiger partial charge in [-0.05, 0) is 16.2 Å². The summed E-state index contributed by atoms with van der Waals surface area (Å²) in [6, 6.07) is 17.0. The van der Waals surface area contributed by atoms with E-state index < -0.39 is 5.63 Å². The molecule has 0 aliphatic heterocycles. The fourth-order valence-electron chi connectivity index (χ4n) is 3.21. The second-order valence-corrected chi connectivity index (χ2v) is 5.55. The maximum absolute atomic E-state index is 12.4. The Labute approximate surface area is 132 Å². The molecule has 0 saturated carbocycles. The lowest BCUT2D eigenvalue weighted by Crippen LogP contribution is -2.06. The van der Waals surface area contributed by atoms with Crippen LogP contribution < -0.4 is 5.63 Å². The summed E-state index contributed by atoms with van der Waals surface area (Å²) in [6.07, 6.45) is 0.347. The Morgan fingerprint density at radius 2 is 1.48 bits per heavy atom. The first kappa shape index (κ1) is 13.7. The second kappa shape index (κ2) is 5.06. The summed E-state index contributed by atoms with van der Waals surface area (Å²) >= 11 is 0. The molecule has 1 heterocycles. The van der Waals surface area contributed by atoms with E-state index in [9.17, 15) is 9.59 Å². The SMILES string of the molecule is CCC(=O)c1cc(=O)oc2c3ccccc3c3ccccc3c12. The molecule has 0 saturated heterocycles. The van der Waals surface area contributed by atoms with Gasteiger partial charge in [-0.2, -0.15) is 0 Å². The van der Waals surface area contributed by atoms with E-state index in [-0.39, 0.29) is 5.78 Å². The third kappa shape index (κ3) is 1.97. The smallest absolute Gasteiger partial charge is 0.336 e. The standard InChI is InChI=1S/C20H14O3/c1-2-17(21)16-11-18(22)23-20-15-10-6-4-8-13(15)12-7-3-5-9-14(12)19(16)20/h3-11H,2H2,1H3. The molecular weight excluding hydrogens is 288 g/mol. The molecule has 0 atom stereocenters. The number of ketones is 1. The maximum Gasteiger partial charge on any atom is 0.336 e. The number of fused-ring (bicyclic) bond motifs is 6. The molecule has 0 fully saturated rings. The zero-order chi connectivity index (χ0) is 16.0. The molecule has 1 aromatic heterocycles. The van der Waals surface area contributed by atoms with Crippen molar-refractivity contribution in [2.45, 2.75) is 13.3 Å². The number of benzene rings is 3. The molecule has 0 radical (unpaired) electrons. The van der Waals surface area contributed by atoms with E-state index in [0.29, 0.717) is 17.6 Å². The van der Waals surface area contributed by atoms with E-state index in [1.165, 1.54) is 6.07 Å². The summed E-state index contributed by atoms with van der Waals surface area (Å²) < 4.78 is 5.51. The molecule has 0 unspecified atom stereocenters. The van der Waals surface area contributed by atoms with Crippen LogP contribution in [0.1, 0.15) is 23.7 Å². The largest absolute Gasteiger partial charge is 0.422 e. The molecule has 23 heavy (non-hydrogen) atoms. The van der Waals surface area contributed by atoms with E-state index in [0.717, 1.165) is 26.9 Å². The molecule has 0 aliphatic carbocycles. The minimum Gasteiger partial charge on any atom is -0.422 e. The first-order valence-corrected chi connectivity index (χ1v) is 7.61. The summed E-state index contributed by atoms with van der Waals surface area (Å²) in [5.41, 5.74) is 0.444. The Balaban J connectivity index is 2.40. The van der Waals surface area contributed by atoms with E-state index in [2.05, 4.69) is 0 Å². The second-order valence-electron chi connectivity index (χ2n) is 5.55. The van der Waals surface area contributed by atoms with Gasteiger partial charge in [-0.25, -0.2) is 4.79 Å². The number of hydrogen-bond acceptors (Lipinski definition) is 3. The van der Waals surface area contributed by atoms with Gasteiger partial charge in [-0.15, -0.1) is 0 Å². The van der Waals surface area contributed by atoms with Gasteiger partial charge < -0.3 is 4.42 Å². The van der Waals surface area contributed by atoms with Crippen LogP contribution in [-0.2, 0) is 0 Å². The van der Waals surface area contributed by atoms with Gasteiger partial charge in [0.15, 0.2) is 5.78 Å². The van der Waals surface area contributed by atoms with Crippen LogP contribution in [0.15, 0.2) is 63.8 Å². The summed E-state index contributed by atoms with van der Waals surface area (Å²) in [5.74, 6) is -0.0525. The first-order chi connectivity index (χ1) is 11.2. The van der Waals surface area contributed by atoms with Crippen LogP contribution in [0.25, 0.3) is 32.5 Å².